The van der Waals surface area contributed by atoms with Gasteiger partial charge in [-0.1, -0.05) is 164 Å². The minimum Gasteiger partial charge on any atom is -0.256 e. The van der Waals surface area contributed by atoms with E-state index in [2.05, 4.69) is 182 Å². The highest BCUT2D eigenvalue weighted by molar-refractivity contribution is 6.11. The van der Waals surface area contributed by atoms with E-state index in [1.807, 2.05) is 18.6 Å². The van der Waals surface area contributed by atoms with Gasteiger partial charge in [-0.15, -0.1) is 0 Å². The quantitative estimate of drug-likeness (QED) is 0.152. The van der Waals surface area contributed by atoms with Crippen molar-refractivity contribution in [1.29, 1.82) is 0 Å². The van der Waals surface area contributed by atoms with Crippen molar-refractivity contribution < 1.29 is 0 Å². The summed E-state index contributed by atoms with van der Waals surface area (Å²) in [7, 11) is 0. The van der Waals surface area contributed by atoms with Crippen LogP contribution in [0, 0.1) is 0 Å². The van der Waals surface area contributed by atoms with E-state index in [0.717, 1.165) is 99.5 Å². The van der Waals surface area contributed by atoms with E-state index in [-0.39, 0.29) is 0 Å². The lowest BCUT2D eigenvalue weighted by molar-refractivity contribution is 1.52. The lowest BCUT2D eigenvalue weighted by Crippen LogP contribution is -1.92. The maximum absolute atomic E-state index is 5.14. The lowest BCUT2D eigenvalue weighted by Gasteiger charge is -2.14. The summed E-state index contributed by atoms with van der Waals surface area (Å²) < 4.78 is 0. The van der Waals surface area contributed by atoms with Crippen LogP contribution >= 0.6 is 0 Å². The molecule has 0 aromatic heterocycles. The van der Waals surface area contributed by atoms with Crippen molar-refractivity contribution >= 4 is 68.0 Å². The highest BCUT2D eigenvalue weighted by Crippen LogP contribution is 2.40. The third-order valence-electron chi connectivity index (χ3n) is 10.5. The molecule has 0 unspecified atom stereocenters. The molecule has 6 bridgehead atoms. The molecule has 0 amide bonds. The van der Waals surface area contributed by atoms with Crippen LogP contribution in [0.25, 0.3) is 65.7 Å². The Morgan fingerprint density at radius 3 is 0.778 bits per heavy atom. The molecule has 9 aromatic carbocycles. The molecule has 0 saturated carbocycles. The molecule has 3 nitrogen and oxygen atoms in total. The highest BCUT2D eigenvalue weighted by Gasteiger charge is 2.14. The molecule has 13 rings (SSSR count). The fourth-order valence-corrected chi connectivity index (χ4v) is 7.87. The molecule has 3 heteroatoms. The minimum atomic E-state index is 0.922. The molecule has 9 aromatic rings. The Bertz CT molecular complexity index is 2680. The predicted octanol–water partition coefficient (Wildman–Crippen LogP) is 13.7. The summed E-state index contributed by atoms with van der Waals surface area (Å²) in [6, 6.07) is 64.1. The van der Waals surface area contributed by atoms with Crippen LogP contribution in [-0.2, 0) is 0 Å². The van der Waals surface area contributed by atoms with Gasteiger partial charge in [0.2, 0.25) is 0 Å². The van der Waals surface area contributed by atoms with Crippen molar-refractivity contribution in [3.63, 3.8) is 0 Å². The average molecular weight is 688 g/mol. The van der Waals surface area contributed by atoms with Gasteiger partial charge >= 0.3 is 0 Å². The second-order valence-electron chi connectivity index (χ2n) is 13.6. The number of hydrogen-bond acceptors (Lipinski definition) is 3. The van der Waals surface area contributed by atoms with Gasteiger partial charge < -0.3 is 0 Å². The van der Waals surface area contributed by atoms with Crippen LogP contribution in [0.5, 0.6) is 0 Å². The van der Waals surface area contributed by atoms with Crippen LogP contribution in [-0.4, -0.2) is 18.6 Å². The van der Waals surface area contributed by atoms with Crippen molar-refractivity contribution in [3.05, 3.63) is 199 Å². The molecule has 0 atom stereocenters. The molecule has 0 fully saturated rings. The van der Waals surface area contributed by atoms with E-state index in [1.54, 1.807) is 0 Å². The monoisotopic (exact) mass is 687 g/mol. The SMILES string of the molecule is C1=Nc2ccc(c3ccccc23)-c2ccccc2C=Nc2ccc(c3ccccc23)-c2ccccc2C=Nc2ccc(c3ccccc23)-c2ccccc21. The van der Waals surface area contributed by atoms with E-state index >= 15 is 0 Å². The summed E-state index contributed by atoms with van der Waals surface area (Å²) in [5, 5.41) is 6.72. The van der Waals surface area contributed by atoms with Crippen LogP contribution in [0.2, 0.25) is 0 Å². The lowest BCUT2D eigenvalue weighted by atomic mass is 9.93. The number of nitrogens with zero attached hydrogens (tertiary/aromatic N) is 3. The Morgan fingerprint density at radius 2 is 0.463 bits per heavy atom. The molecule has 4 aliphatic heterocycles. The van der Waals surface area contributed by atoms with E-state index in [0.29, 0.717) is 0 Å². The van der Waals surface area contributed by atoms with Gasteiger partial charge in [0.1, 0.15) is 0 Å². The van der Waals surface area contributed by atoms with Crippen molar-refractivity contribution in [2.75, 3.05) is 0 Å². The molecular formula is C51H33N3. The van der Waals surface area contributed by atoms with E-state index in [4.69, 9.17) is 15.0 Å². The Morgan fingerprint density at radius 1 is 0.204 bits per heavy atom. The number of benzene rings is 9. The summed E-state index contributed by atoms with van der Waals surface area (Å²) in [6.07, 6.45) is 6.01. The standard InChI is InChI=1S/C51H33N3/c1-4-16-37-34(13-1)31-52-49-29-26-44(41-20-8-11-23-47(41)49)38-17-5-2-15-36(38)33-54-51-30-27-45(42-21-9-12-24-48(42)51)39-18-6-3-14-35(39)32-53-50-28-25-43(37)40-19-7-10-22-46(40)50/h1-33H. The maximum Gasteiger partial charge on any atom is 0.0708 e. The molecule has 4 heterocycles. The average Bonchev–Trinajstić information content (AvgIpc) is 3.24. The fraction of sp³-hybridized carbons (Fsp3) is 0. The number of aliphatic imine (C=N–C) groups is 3. The molecule has 0 N–H and O–H groups in total. The molecule has 0 aliphatic carbocycles. The first kappa shape index (κ1) is 31.5. The smallest absolute Gasteiger partial charge is 0.0708 e. The fourth-order valence-electron chi connectivity index (χ4n) is 7.87. The molecule has 0 spiro atoms. The number of hydrogen-bond donors (Lipinski definition) is 0. The van der Waals surface area contributed by atoms with Gasteiger partial charge in [-0.2, -0.15) is 0 Å². The van der Waals surface area contributed by atoms with Gasteiger partial charge in [0.15, 0.2) is 0 Å². The van der Waals surface area contributed by atoms with Gasteiger partial charge in [-0.25, -0.2) is 0 Å². The third kappa shape index (κ3) is 5.51. The topological polar surface area (TPSA) is 37.1 Å². The molecule has 252 valence electrons. The van der Waals surface area contributed by atoms with Crippen LogP contribution in [0.3, 0.4) is 0 Å². The van der Waals surface area contributed by atoms with Crippen molar-refractivity contribution in [1.82, 2.24) is 0 Å². The summed E-state index contributed by atoms with van der Waals surface area (Å²) in [5.74, 6) is 0. The van der Waals surface area contributed by atoms with Crippen LogP contribution in [0.4, 0.5) is 17.1 Å². The zero-order valence-corrected chi connectivity index (χ0v) is 29.4. The van der Waals surface area contributed by atoms with Gasteiger partial charge in [0.05, 0.1) is 17.1 Å². The van der Waals surface area contributed by atoms with Crippen LogP contribution in [0.1, 0.15) is 16.7 Å². The van der Waals surface area contributed by atoms with E-state index in [1.165, 1.54) is 0 Å². The molecule has 0 saturated heterocycles. The minimum absolute atomic E-state index is 0.922. The highest BCUT2D eigenvalue weighted by atomic mass is 14.7. The maximum atomic E-state index is 5.14. The first-order valence-corrected chi connectivity index (χ1v) is 18.3. The summed E-state index contributed by atoms with van der Waals surface area (Å²) in [6.45, 7) is 0. The van der Waals surface area contributed by atoms with Crippen molar-refractivity contribution in [3.8, 4) is 33.4 Å². The number of rotatable bonds is 0. The van der Waals surface area contributed by atoms with Gasteiger partial charge in [-0.05, 0) is 67.7 Å². The summed E-state index contributed by atoms with van der Waals surface area (Å²) >= 11 is 0. The van der Waals surface area contributed by atoms with E-state index < -0.39 is 0 Å². The largest absolute Gasteiger partial charge is 0.256 e. The summed E-state index contributed by atoms with van der Waals surface area (Å²) in [4.78, 5) is 15.4. The second-order valence-corrected chi connectivity index (χ2v) is 13.6. The summed E-state index contributed by atoms with van der Waals surface area (Å²) in [5.41, 5.74) is 12.7. The molecular weight excluding hydrogens is 655 g/mol. The van der Waals surface area contributed by atoms with Crippen molar-refractivity contribution in [2.24, 2.45) is 15.0 Å². The Hall–Kier alpha value is -7.23. The van der Waals surface area contributed by atoms with Crippen molar-refractivity contribution in [2.45, 2.75) is 0 Å². The Balaban J connectivity index is 1.24. The first-order chi connectivity index (χ1) is 26.8. The predicted molar refractivity (Wildman–Crippen MR) is 230 cm³/mol. The third-order valence-corrected chi connectivity index (χ3v) is 10.5. The Labute approximate surface area is 314 Å². The first-order valence-electron chi connectivity index (χ1n) is 18.3. The van der Waals surface area contributed by atoms with Crippen LogP contribution < -0.4 is 0 Å². The van der Waals surface area contributed by atoms with Gasteiger partial charge in [0.25, 0.3) is 0 Å². The molecule has 4 aliphatic rings. The molecule has 54 heavy (non-hydrogen) atoms. The zero-order chi connectivity index (χ0) is 35.8. The Kier molecular flexibility index (Phi) is 7.81. The second kappa shape index (κ2) is 13.4. The zero-order valence-electron chi connectivity index (χ0n) is 29.4. The molecule has 0 radical (unpaired) electrons. The van der Waals surface area contributed by atoms with E-state index in [9.17, 15) is 0 Å². The van der Waals surface area contributed by atoms with Crippen LogP contribution in [0.15, 0.2) is 197 Å². The van der Waals surface area contributed by atoms with Gasteiger partial charge in [-0.3, -0.25) is 15.0 Å². The normalized spacial score (nSPS) is 12.2. The van der Waals surface area contributed by atoms with Gasteiger partial charge in [0, 0.05) is 51.5 Å².